The van der Waals surface area contributed by atoms with Gasteiger partial charge in [0, 0.05) is 19.5 Å². The van der Waals surface area contributed by atoms with Crippen molar-refractivity contribution in [1.29, 1.82) is 0 Å². The van der Waals surface area contributed by atoms with Crippen molar-refractivity contribution >= 4 is 11.9 Å². The summed E-state index contributed by atoms with van der Waals surface area (Å²) in [6.07, 6.45) is 1.73. The lowest BCUT2D eigenvalue weighted by Crippen LogP contribution is -2.44. The average molecular weight is 420 g/mol. The number of ether oxygens (including phenoxy) is 2. The lowest BCUT2D eigenvalue weighted by molar-refractivity contribution is -0.142. The van der Waals surface area contributed by atoms with Gasteiger partial charge in [0.05, 0.1) is 13.3 Å². The Labute approximate surface area is 180 Å². The number of carbonyl (C=O) groups excluding carboxylic acids is 2. The molecule has 0 unspecified atom stereocenters. The molecule has 7 nitrogen and oxygen atoms in total. The maximum Gasteiger partial charge on any atom is 0.328 e. The number of hydrogen-bond acceptors (Lipinski definition) is 5. The monoisotopic (exact) mass is 420 g/mol. The fourth-order valence-corrected chi connectivity index (χ4v) is 3.09. The molecule has 0 aliphatic heterocycles. The largest absolute Gasteiger partial charge is 0.483 e. The minimum atomic E-state index is -0.885. The predicted octanol–water partition coefficient (Wildman–Crippen LogP) is 2.48. The number of nitrogens with zero attached hydrogens (tertiary/aromatic N) is 1. The van der Waals surface area contributed by atoms with E-state index >= 15 is 0 Å². The van der Waals surface area contributed by atoms with E-state index in [0.717, 1.165) is 11.1 Å². The first-order valence-electron chi connectivity index (χ1n) is 9.78. The molecule has 7 heteroatoms. The van der Waals surface area contributed by atoms with Gasteiger partial charge >= 0.3 is 5.97 Å². The lowest BCUT2D eigenvalue weighted by Gasteiger charge is -2.18. The lowest BCUT2D eigenvalue weighted by atomic mass is 10.1. The number of amides is 1. The van der Waals surface area contributed by atoms with E-state index in [0.29, 0.717) is 0 Å². The number of rotatable bonds is 8. The van der Waals surface area contributed by atoms with E-state index in [1.54, 1.807) is 7.05 Å². The van der Waals surface area contributed by atoms with Gasteiger partial charge in [-0.15, -0.1) is 0 Å². The zero-order valence-electron chi connectivity index (χ0n) is 17.4. The van der Waals surface area contributed by atoms with Gasteiger partial charge in [-0.1, -0.05) is 60.7 Å². The number of carbonyl (C=O) groups is 2. The first-order chi connectivity index (χ1) is 15.0. The Kier molecular flexibility index (Phi) is 7.22. The second kappa shape index (κ2) is 10.2. The van der Waals surface area contributed by atoms with Crippen molar-refractivity contribution in [3.05, 3.63) is 100.0 Å². The molecule has 1 N–H and O–H groups in total. The molecule has 0 aliphatic carbocycles. The van der Waals surface area contributed by atoms with Crippen LogP contribution in [0.3, 0.4) is 0 Å². The number of pyridine rings is 1. The van der Waals surface area contributed by atoms with Crippen molar-refractivity contribution in [2.24, 2.45) is 7.05 Å². The summed E-state index contributed by atoms with van der Waals surface area (Å²) in [6.45, 7) is 0.239. The second-order valence-electron chi connectivity index (χ2n) is 7.01. The van der Waals surface area contributed by atoms with Gasteiger partial charge in [-0.2, -0.15) is 0 Å². The van der Waals surface area contributed by atoms with Crippen LogP contribution in [0.1, 0.15) is 21.6 Å². The first-order valence-corrected chi connectivity index (χ1v) is 9.78. The molecule has 1 amide bonds. The molecule has 160 valence electrons. The Bertz CT molecular complexity index is 1090. The molecule has 1 aromatic heterocycles. The highest BCUT2D eigenvalue weighted by Crippen LogP contribution is 2.10. The molecular weight excluding hydrogens is 396 g/mol. The van der Waals surface area contributed by atoms with Crippen molar-refractivity contribution in [3.8, 4) is 5.75 Å². The summed E-state index contributed by atoms with van der Waals surface area (Å²) in [5.41, 5.74) is 1.49. The molecule has 0 aliphatic rings. The molecule has 1 atom stereocenters. The third-order valence-electron chi connectivity index (χ3n) is 4.75. The third-order valence-corrected chi connectivity index (χ3v) is 4.75. The van der Waals surface area contributed by atoms with Crippen LogP contribution in [0.4, 0.5) is 0 Å². The summed E-state index contributed by atoms with van der Waals surface area (Å²) in [6, 6.07) is 19.1. The van der Waals surface area contributed by atoms with Crippen LogP contribution in [0.5, 0.6) is 5.75 Å². The number of aromatic nitrogens is 1. The van der Waals surface area contributed by atoms with Crippen LogP contribution < -0.4 is 15.5 Å². The summed E-state index contributed by atoms with van der Waals surface area (Å²) in [7, 11) is 2.90. The number of aryl methyl sites for hydroxylation is 1. The Morgan fingerprint density at radius 1 is 1.00 bits per heavy atom. The van der Waals surface area contributed by atoms with Crippen LogP contribution in [-0.2, 0) is 29.6 Å². The van der Waals surface area contributed by atoms with E-state index in [-0.39, 0.29) is 24.5 Å². The third kappa shape index (κ3) is 5.82. The Morgan fingerprint density at radius 2 is 1.61 bits per heavy atom. The molecule has 3 aromatic rings. The van der Waals surface area contributed by atoms with Crippen molar-refractivity contribution in [1.82, 2.24) is 9.88 Å². The predicted molar refractivity (Wildman–Crippen MR) is 116 cm³/mol. The molecule has 0 saturated carbocycles. The molecule has 0 fully saturated rings. The number of hydrogen-bond donors (Lipinski definition) is 1. The zero-order chi connectivity index (χ0) is 22.2. The molecule has 0 bridgehead atoms. The second-order valence-corrected chi connectivity index (χ2v) is 7.01. The van der Waals surface area contributed by atoms with Gasteiger partial charge in [0.1, 0.15) is 18.3 Å². The van der Waals surface area contributed by atoms with Gasteiger partial charge in [-0.05, 0) is 11.1 Å². The fourth-order valence-electron chi connectivity index (χ4n) is 3.09. The van der Waals surface area contributed by atoms with Crippen molar-refractivity contribution < 1.29 is 19.1 Å². The molecule has 31 heavy (non-hydrogen) atoms. The number of nitrogens with one attached hydrogen (secondary N) is 1. The zero-order valence-corrected chi connectivity index (χ0v) is 17.4. The van der Waals surface area contributed by atoms with Gasteiger partial charge in [-0.3, -0.25) is 9.59 Å². The van der Waals surface area contributed by atoms with Crippen LogP contribution in [-0.4, -0.2) is 29.6 Å². The summed E-state index contributed by atoms with van der Waals surface area (Å²) < 4.78 is 11.9. The maximum absolute atomic E-state index is 12.8. The average Bonchev–Trinajstić information content (AvgIpc) is 2.79. The van der Waals surface area contributed by atoms with Gasteiger partial charge in [-0.25, -0.2) is 4.79 Å². The van der Waals surface area contributed by atoms with Gasteiger partial charge < -0.3 is 19.4 Å². The van der Waals surface area contributed by atoms with E-state index in [2.05, 4.69) is 5.32 Å². The molecule has 3 rings (SSSR count). The SMILES string of the molecule is COC(=O)[C@@H](Cc1ccccc1)NC(=O)c1cc(=O)c(OCc2ccccc2)cn1C. The summed E-state index contributed by atoms with van der Waals surface area (Å²) >= 11 is 0. The van der Waals surface area contributed by atoms with Crippen molar-refractivity contribution in [2.75, 3.05) is 7.11 Å². The van der Waals surface area contributed by atoms with Crippen LogP contribution in [0.2, 0.25) is 0 Å². The highest BCUT2D eigenvalue weighted by molar-refractivity contribution is 5.95. The fraction of sp³-hybridized carbons (Fsp3) is 0.208. The summed E-state index contributed by atoms with van der Waals surface area (Å²) in [5, 5.41) is 2.66. The van der Waals surface area contributed by atoms with E-state index in [1.165, 1.54) is 23.9 Å². The smallest absolute Gasteiger partial charge is 0.328 e. The summed E-state index contributed by atoms with van der Waals surface area (Å²) in [4.78, 5) is 37.5. The van der Waals surface area contributed by atoms with E-state index in [9.17, 15) is 14.4 Å². The van der Waals surface area contributed by atoms with Gasteiger partial charge in [0.25, 0.3) is 5.91 Å². The van der Waals surface area contributed by atoms with E-state index < -0.39 is 23.3 Å². The molecule has 0 saturated heterocycles. The summed E-state index contributed by atoms with van der Waals surface area (Å²) in [5.74, 6) is -0.984. The Balaban J connectivity index is 1.74. The number of benzene rings is 2. The van der Waals surface area contributed by atoms with Gasteiger partial charge in [0.2, 0.25) is 5.43 Å². The van der Waals surface area contributed by atoms with Crippen molar-refractivity contribution in [2.45, 2.75) is 19.1 Å². The normalized spacial score (nSPS) is 11.4. The molecule has 0 radical (unpaired) electrons. The minimum Gasteiger partial charge on any atom is -0.483 e. The number of methoxy groups -OCH3 is 1. The Morgan fingerprint density at radius 3 is 2.23 bits per heavy atom. The molecular formula is C24H24N2O5. The van der Waals surface area contributed by atoms with Crippen LogP contribution in [0.15, 0.2) is 77.7 Å². The highest BCUT2D eigenvalue weighted by atomic mass is 16.5. The van der Waals surface area contributed by atoms with Crippen LogP contribution >= 0.6 is 0 Å². The topological polar surface area (TPSA) is 86.6 Å². The Hall–Kier alpha value is -3.87. The van der Waals surface area contributed by atoms with E-state index in [4.69, 9.17) is 9.47 Å². The van der Waals surface area contributed by atoms with Crippen LogP contribution in [0.25, 0.3) is 0 Å². The highest BCUT2D eigenvalue weighted by Gasteiger charge is 2.24. The first kappa shape index (κ1) is 21.8. The molecule has 1 heterocycles. The van der Waals surface area contributed by atoms with Gasteiger partial charge in [0.15, 0.2) is 5.75 Å². The van der Waals surface area contributed by atoms with Crippen LogP contribution in [0, 0.1) is 0 Å². The quantitative estimate of drug-likeness (QED) is 0.566. The number of esters is 1. The maximum atomic E-state index is 12.8. The molecule has 2 aromatic carbocycles. The van der Waals surface area contributed by atoms with Crippen molar-refractivity contribution in [3.63, 3.8) is 0 Å². The van der Waals surface area contributed by atoms with E-state index in [1.807, 2.05) is 60.7 Å². The standard InChI is InChI=1S/C24H24N2O5/c1-26-15-22(31-16-18-11-7-4-8-12-18)21(27)14-20(26)23(28)25-19(24(29)30-2)13-17-9-5-3-6-10-17/h3-12,14-15,19H,13,16H2,1-2H3,(H,25,28)/t19-/m1/s1. The minimum absolute atomic E-state index is 0.110. The molecule has 0 spiro atoms.